The van der Waals surface area contributed by atoms with Gasteiger partial charge in [-0.25, -0.2) is 9.18 Å². The van der Waals surface area contributed by atoms with Crippen molar-refractivity contribution < 1.29 is 19.1 Å². The zero-order valence-electron chi connectivity index (χ0n) is 11.7. The van der Waals surface area contributed by atoms with Crippen molar-refractivity contribution in [3.8, 4) is 0 Å². The number of para-hydroxylation sites is 1. The maximum absolute atomic E-state index is 13.9. The molecule has 0 radical (unpaired) electrons. The van der Waals surface area contributed by atoms with E-state index in [2.05, 4.69) is 0 Å². The molecule has 1 aliphatic rings. The number of amides is 1. The molecular formula is C17H14FNO3. The van der Waals surface area contributed by atoms with Crippen LogP contribution in [0.25, 0.3) is 0 Å². The fourth-order valence-corrected chi connectivity index (χ4v) is 2.80. The molecule has 1 amide bonds. The van der Waals surface area contributed by atoms with Crippen LogP contribution >= 0.6 is 0 Å². The Labute approximate surface area is 126 Å². The van der Waals surface area contributed by atoms with E-state index < -0.39 is 23.7 Å². The highest BCUT2D eigenvalue weighted by Crippen LogP contribution is 2.32. The Morgan fingerprint density at radius 1 is 1.09 bits per heavy atom. The third-order valence-electron chi connectivity index (χ3n) is 3.86. The minimum absolute atomic E-state index is 0.120. The maximum atomic E-state index is 13.9. The summed E-state index contributed by atoms with van der Waals surface area (Å²) in [4.78, 5) is 25.4. The van der Waals surface area contributed by atoms with Crippen molar-refractivity contribution in [1.82, 2.24) is 0 Å². The second-order valence-electron chi connectivity index (χ2n) is 5.18. The number of aryl methyl sites for hydroxylation is 1. The van der Waals surface area contributed by atoms with Gasteiger partial charge in [0.1, 0.15) is 11.9 Å². The Hall–Kier alpha value is -2.69. The van der Waals surface area contributed by atoms with Crippen molar-refractivity contribution in [1.29, 1.82) is 0 Å². The predicted molar refractivity (Wildman–Crippen MR) is 79.4 cm³/mol. The van der Waals surface area contributed by atoms with Crippen molar-refractivity contribution in [2.24, 2.45) is 0 Å². The Morgan fingerprint density at radius 3 is 2.50 bits per heavy atom. The first kappa shape index (κ1) is 14.3. The lowest BCUT2D eigenvalue weighted by Gasteiger charge is -2.34. The highest BCUT2D eigenvalue weighted by Gasteiger charge is 2.36. The first-order chi connectivity index (χ1) is 10.6. The molecule has 0 aliphatic carbocycles. The summed E-state index contributed by atoms with van der Waals surface area (Å²) in [7, 11) is 0. The van der Waals surface area contributed by atoms with Crippen LogP contribution in [-0.4, -0.2) is 23.0 Å². The molecule has 3 rings (SSSR count). The van der Waals surface area contributed by atoms with Crippen LogP contribution in [0.4, 0.5) is 10.1 Å². The molecule has 1 aliphatic heterocycles. The zero-order chi connectivity index (χ0) is 15.7. The molecular weight excluding hydrogens is 285 g/mol. The number of benzene rings is 2. The summed E-state index contributed by atoms with van der Waals surface area (Å²) in [5, 5.41) is 9.41. The lowest BCUT2D eigenvalue weighted by atomic mass is 9.94. The summed E-state index contributed by atoms with van der Waals surface area (Å²) >= 11 is 0. The summed E-state index contributed by atoms with van der Waals surface area (Å²) in [6.45, 7) is 0. The molecule has 112 valence electrons. The van der Waals surface area contributed by atoms with Crippen LogP contribution < -0.4 is 4.90 Å². The maximum Gasteiger partial charge on any atom is 0.326 e. The smallest absolute Gasteiger partial charge is 0.326 e. The molecule has 1 N–H and O–H groups in total. The predicted octanol–water partition coefficient (Wildman–Crippen LogP) is 2.87. The summed E-state index contributed by atoms with van der Waals surface area (Å²) in [5.74, 6) is -2.36. The van der Waals surface area contributed by atoms with E-state index >= 15 is 0 Å². The molecule has 0 bridgehead atoms. The van der Waals surface area contributed by atoms with E-state index in [0.29, 0.717) is 18.5 Å². The molecule has 2 aromatic rings. The number of hydrogen-bond acceptors (Lipinski definition) is 2. The molecule has 1 unspecified atom stereocenters. The van der Waals surface area contributed by atoms with Gasteiger partial charge in [0.05, 0.1) is 5.56 Å². The van der Waals surface area contributed by atoms with E-state index in [1.165, 1.54) is 23.1 Å². The first-order valence-electron chi connectivity index (χ1n) is 6.98. The molecule has 0 saturated heterocycles. The molecule has 1 heterocycles. The Kier molecular flexibility index (Phi) is 3.63. The summed E-state index contributed by atoms with van der Waals surface area (Å²) in [6.07, 6.45) is 0.890. The number of rotatable bonds is 2. The van der Waals surface area contributed by atoms with Crippen molar-refractivity contribution in [2.45, 2.75) is 18.9 Å². The number of carbonyl (C=O) groups is 2. The number of anilines is 1. The molecule has 22 heavy (non-hydrogen) atoms. The highest BCUT2D eigenvalue weighted by molar-refractivity contribution is 6.10. The van der Waals surface area contributed by atoms with E-state index in [0.717, 1.165) is 5.56 Å². The van der Waals surface area contributed by atoms with Gasteiger partial charge in [0.15, 0.2) is 0 Å². The number of carbonyl (C=O) groups excluding carboxylic acids is 1. The van der Waals surface area contributed by atoms with Gasteiger partial charge in [0.25, 0.3) is 5.91 Å². The van der Waals surface area contributed by atoms with E-state index in [9.17, 15) is 19.1 Å². The number of carboxylic acids is 1. The van der Waals surface area contributed by atoms with Crippen molar-refractivity contribution in [3.63, 3.8) is 0 Å². The van der Waals surface area contributed by atoms with Gasteiger partial charge in [-0.05, 0) is 36.6 Å². The second-order valence-corrected chi connectivity index (χ2v) is 5.18. The van der Waals surface area contributed by atoms with Crippen LogP contribution in [0.2, 0.25) is 0 Å². The lowest BCUT2D eigenvalue weighted by Crippen LogP contribution is -2.48. The van der Waals surface area contributed by atoms with Gasteiger partial charge >= 0.3 is 5.97 Å². The van der Waals surface area contributed by atoms with E-state index in [-0.39, 0.29) is 5.56 Å². The quantitative estimate of drug-likeness (QED) is 0.927. The van der Waals surface area contributed by atoms with Crippen LogP contribution in [0.5, 0.6) is 0 Å². The molecule has 0 saturated carbocycles. The minimum atomic E-state index is -1.08. The summed E-state index contributed by atoms with van der Waals surface area (Å²) < 4.78 is 13.9. The Morgan fingerprint density at radius 2 is 1.77 bits per heavy atom. The van der Waals surface area contributed by atoms with Gasteiger partial charge in [-0.3, -0.25) is 9.69 Å². The SMILES string of the molecule is O=C(O)C1CCc2ccccc2N1C(=O)c1ccccc1F. The topological polar surface area (TPSA) is 57.6 Å². The van der Waals surface area contributed by atoms with Gasteiger partial charge in [-0.2, -0.15) is 0 Å². The standard InChI is InChI=1S/C17H14FNO3/c18-13-7-3-2-6-12(13)16(20)19-14-8-4-1-5-11(14)9-10-15(19)17(21)22/h1-8,15H,9-10H2,(H,21,22). The highest BCUT2D eigenvalue weighted by atomic mass is 19.1. The third-order valence-corrected chi connectivity index (χ3v) is 3.86. The zero-order valence-corrected chi connectivity index (χ0v) is 11.7. The normalized spacial score (nSPS) is 17.0. The average molecular weight is 299 g/mol. The largest absolute Gasteiger partial charge is 0.480 e. The van der Waals surface area contributed by atoms with Crippen molar-refractivity contribution in [3.05, 3.63) is 65.5 Å². The molecule has 0 spiro atoms. The average Bonchev–Trinajstić information content (AvgIpc) is 2.53. The first-order valence-corrected chi connectivity index (χ1v) is 6.98. The van der Waals surface area contributed by atoms with Crippen LogP contribution in [-0.2, 0) is 11.2 Å². The van der Waals surface area contributed by atoms with Crippen LogP contribution in [0.1, 0.15) is 22.3 Å². The molecule has 2 aromatic carbocycles. The van der Waals surface area contributed by atoms with Gasteiger partial charge in [0, 0.05) is 5.69 Å². The number of carboxylic acid groups (broad SMARTS) is 1. The summed E-state index contributed by atoms with van der Waals surface area (Å²) in [5.41, 5.74) is 1.31. The minimum Gasteiger partial charge on any atom is -0.480 e. The second kappa shape index (κ2) is 5.60. The van der Waals surface area contributed by atoms with Gasteiger partial charge in [-0.1, -0.05) is 30.3 Å². The molecule has 0 fully saturated rings. The number of aliphatic carboxylic acids is 1. The number of hydrogen-bond donors (Lipinski definition) is 1. The van der Waals surface area contributed by atoms with Gasteiger partial charge < -0.3 is 5.11 Å². The van der Waals surface area contributed by atoms with E-state index in [4.69, 9.17) is 0 Å². The third kappa shape index (κ3) is 2.35. The molecule has 1 atom stereocenters. The Bertz CT molecular complexity index is 744. The van der Waals surface area contributed by atoms with Crippen molar-refractivity contribution in [2.75, 3.05) is 4.90 Å². The fourth-order valence-electron chi connectivity index (χ4n) is 2.80. The Balaban J connectivity index is 2.10. The van der Waals surface area contributed by atoms with Crippen molar-refractivity contribution >= 4 is 17.6 Å². The van der Waals surface area contributed by atoms with E-state index in [1.807, 2.05) is 12.1 Å². The monoisotopic (exact) mass is 299 g/mol. The molecule has 0 aromatic heterocycles. The van der Waals surface area contributed by atoms with Crippen LogP contribution in [0.3, 0.4) is 0 Å². The van der Waals surface area contributed by atoms with E-state index in [1.54, 1.807) is 18.2 Å². The molecule has 4 nitrogen and oxygen atoms in total. The van der Waals surface area contributed by atoms with Gasteiger partial charge in [0.2, 0.25) is 0 Å². The van der Waals surface area contributed by atoms with Crippen LogP contribution in [0, 0.1) is 5.82 Å². The number of halogens is 1. The number of fused-ring (bicyclic) bond motifs is 1. The molecule has 5 heteroatoms. The number of nitrogens with zero attached hydrogens (tertiary/aromatic N) is 1. The fraction of sp³-hybridized carbons (Fsp3) is 0.176. The lowest BCUT2D eigenvalue weighted by molar-refractivity contribution is -0.138. The summed E-state index contributed by atoms with van der Waals surface area (Å²) in [6, 6.07) is 11.8. The van der Waals surface area contributed by atoms with Gasteiger partial charge in [-0.15, -0.1) is 0 Å². The van der Waals surface area contributed by atoms with Crippen LogP contribution in [0.15, 0.2) is 48.5 Å².